The third-order valence-electron chi connectivity index (χ3n) is 4.61. The summed E-state index contributed by atoms with van der Waals surface area (Å²) < 4.78 is 0. The number of carboxylic acids is 1. The number of aliphatic carboxylic acids is 1. The number of amides is 2. The van der Waals surface area contributed by atoms with Crippen molar-refractivity contribution in [1.82, 2.24) is 5.32 Å². The molecule has 2 amide bonds. The quantitative estimate of drug-likeness (QED) is 0.683. The molecular weight excluding hydrogens is 372 g/mol. The third kappa shape index (κ3) is 3.27. The van der Waals surface area contributed by atoms with Gasteiger partial charge < -0.3 is 10.4 Å². The molecule has 1 heterocycles. The van der Waals surface area contributed by atoms with E-state index in [-0.39, 0.29) is 24.1 Å². The van der Waals surface area contributed by atoms with Crippen molar-refractivity contribution in [2.45, 2.75) is 25.3 Å². The van der Waals surface area contributed by atoms with Crippen LogP contribution >= 0.6 is 11.6 Å². The van der Waals surface area contributed by atoms with Crippen LogP contribution in [0.1, 0.15) is 34.3 Å². The molecule has 1 atom stereocenters. The van der Waals surface area contributed by atoms with Gasteiger partial charge in [0.15, 0.2) is 0 Å². The zero-order valence-corrected chi connectivity index (χ0v) is 15.2. The molecule has 0 saturated heterocycles. The van der Waals surface area contributed by atoms with Gasteiger partial charge in [-0.05, 0) is 43.2 Å². The number of halogens is 1. The van der Waals surface area contributed by atoms with Gasteiger partial charge in [-0.25, -0.2) is 0 Å². The summed E-state index contributed by atoms with van der Waals surface area (Å²) in [5.74, 6) is -2.49. The summed E-state index contributed by atoms with van der Waals surface area (Å²) in [4.78, 5) is 36.8. The summed E-state index contributed by atoms with van der Waals surface area (Å²) >= 11 is 5.99. The number of aryl methyl sites for hydroxylation is 1. The van der Waals surface area contributed by atoms with Gasteiger partial charge >= 0.3 is 5.97 Å². The zero-order valence-electron chi connectivity index (χ0n) is 14.4. The van der Waals surface area contributed by atoms with E-state index >= 15 is 0 Å². The van der Waals surface area contributed by atoms with Crippen LogP contribution in [0.15, 0.2) is 42.5 Å². The minimum atomic E-state index is -1.67. The van der Waals surface area contributed by atoms with E-state index in [1.54, 1.807) is 37.3 Å². The Hall–Kier alpha value is -2.90. The maximum atomic E-state index is 12.8. The van der Waals surface area contributed by atoms with Crippen LogP contribution in [0.3, 0.4) is 0 Å². The number of carbonyl (C=O) groups excluding carboxylic acids is 2. The number of rotatable bonds is 5. The van der Waals surface area contributed by atoms with Crippen molar-refractivity contribution in [3.63, 3.8) is 0 Å². The van der Waals surface area contributed by atoms with Crippen molar-refractivity contribution in [2.24, 2.45) is 0 Å². The van der Waals surface area contributed by atoms with Crippen molar-refractivity contribution < 1.29 is 24.7 Å². The lowest BCUT2D eigenvalue weighted by Gasteiger charge is -2.28. The van der Waals surface area contributed by atoms with Crippen LogP contribution in [0.2, 0.25) is 5.02 Å². The summed E-state index contributed by atoms with van der Waals surface area (Å²) in [5.41, 5.74) is -0.161. The van der Waals surface area contributed by atoms with Crippen LogP contribution < -0.4 is 10.4 Å². The minimum Gasteiger partial charge on any atom is -0.481 e. The summed E-state index contributed by atoms with van der Waals surface area (Å²) in [6.45, 7) is 1.74. The number of carbonyl (C=O) groups is 3. The molecule has 1 unspecified atom stereocenters. The van der Waals surface area contributed by atoms with Crippen molar-refractivity contribution in [3.05, 3.63) is 64.2 Å². The number of hydrogen-bond acceptors (Lipinski definition) is 4. The highest BCUT2D eigenvalue weighted by molar-refractivity contribution is 6.31. The molecule has 0 aliphatic carbocycles. The lowest BCUT2D eigenvalue weighted by molar-refractivity contribution is -0.138. The van der Waals surface area contributed by atoms with Gasteiger partial charge in [0.05, 0.1) is 5.69 Å². The fourth-order valence-electron chi connectivity index (χ4n) is 3.20. The van der Waals surface area contributed by atoms with E-state index < -0.39 is 23.3 Å². The monoisotopic (exact) mass is 388 g/mol. The zero-order chi connectivity index (χ0) is 19.8. The molecule has 0 aromatic heterocycles. The molecule has 27 heavy (non-hydrogen) atoms. The minimum absolute atomic E-state index is 0.201. The second-order valence-electron chi connectivity index (χ2n) is 6.35. The Morgan fingerprint density at radius 2 is 1.93 bits per heavy atom. The van der Waals surface area contributed by atoms with Gasteiger partial charge in [-0.1, -0.05) is 29.8 Å². The summed E-state index contributed by atoms with van der Waals surface area (Å²) in [7, 11) is 0. The lowest BCUT2D eigenvalue weighted by Crippen LogP contribution is -2.52. The van der Waals surface area contributed by atoms with Crippen LogP contribution in [0.4, 0.5) is 5.69 Å². The Morgan fingerprint density at radius 1 is 1.22 bits per heavy atom. The smallest absolute Gasteiger partial charge is 0.303 e. The van der Waals surface area contributed by atoms with Crippen LogP contribution in [0, 0.1) is 6.92 Å². The first-order valence-electron chi connectivity index (χ1n) is 8.19. The van der Waals surface area contributed by atoms with Crippen LogP contribution in [0.25, 0.3) is 0 Å². The number of benzene rings is 2. The van der Waals surface area contributed by atoms with Crippen LogP contribution in [-0.4, -0.2) is 28.1 Å². The number of nitrogens with one attached hydrogen (secondary N) is 1. The Bertz CT molecular complexity index is 945. The highest BCUT2D eigenvalue weighted by Crippen LogP contribution is 2.42. The highest BCUT2D eigenvalue weighted by atomic mass is 35.5. The average molecular weight is 389 g/mol. The summed E-state index contributed by atoms with van der Waals surface area (Å²) in [6, 6.07) is 11.0. The molecule has 8 heteroatoms. The summed E-state index contributed by atoms with van der Waals surface area (Å²) in [6.07, 6.45) is -0.568. The Morgan fingerprint density at radius 3 is 2.59 bits per heavy atom. The highest BCUT2D eigenvalue weighted by Gasteiger charge is 2.52. The molecule has 1 aliphatic rings. The fraction of sp³-hybridized carbons (Fsp3) is 0.211. The van der Waals surface area contributed by atoms with Crippen molar-refractivity contribution in [1.29, 1.82) is 0 Å². The number of hydrogen-bond donors (Lipinski definition) is 3. The van der Waals surface area contributed by atoms with E-state index in [0.29, 0.717) is 21.2 Å². The Kier molecular flexibility index (Phi) is 4.91. The third-order valence-corrected chi connectivity index (χ3v) is 5.03. The number of carboxylic acid groups (broad SMARTS) is 1. The van der Waals surface area contributed by atoms with Crippen molar-refractivity contribution >= 4 is 35.1 Å². The first kappa shape index (κ1) is 18.9. The van der Waals surface area contributed by atoms with Gasteiger partial charge in [0, 0.05) is 22.6 Å². The summed E-state index contributed by atoms with van der Waals surface area (Å²) in [5, 5.41) is 22.9. The van der Waals surface area contributed by atoms with Gasteiger partial charge in [-0.3, -0.25) is 19.6 Å². The molecule has 3 N–H and O–H groups in total. The topological polar surface area (TPSA) is 107 Å². The second kappa shape index (κ2) is 7.02. The van der Waals surface area contributed by atoms with E-state index in [2.05, 4.69) is 5.32 Å². The molecule has 7 nitrogen and oxygen atoms in total. The number of anilines is 1. The predicted molar refractivity (Wildman–Crippen MR) is 97.9 cm³/mol. The van der Waals surface area contributed by atoms with Gasteiger partial charge in [-0.2, -0.15) is 5.06 Å². The first-order chi connectivity index (χ1) is 12.8. The standard InChI is InChI=1S/C19H17ClN2O5/c1-11-10-12(6-7-14(11)20)17(25)21-19(9-8-16(23)24)13-4-2-3-5-15(13)22(27)18(19)26/h2-7,10,27H,8-9H2,1H3,(H,21,25)(H,23,24). The van der Waals surface area contributed by atoms with E-state index in [1.807, 2.05) is 0 Å². The van der Waals surface area contributed by atoms with Crippen LogP contribution in [0.5, 0.6) is 0 Å². The Balaban J connectivity index is 2.04. The largest absolute Gasteiger partial charge is 0.481 e. The van der Waals surface area contributed by atoms with Gasteiger partial charge in [-0.15, -0.1) is 0 Å². The normalized spacial score (nSPS) is 18.3. The van der Waals surface area contributed by atoms with E-state index in [4.69, 9.17) is 16.7 Å². The molecule has 2 aromatic rings. The predicted octanol–water partition coefficient (Wildman–Crippen LogP) is 2.87. The molecule has 0 radical (unpaired) electrons. The second-order valence-corrected chi connectivity index (χ2v) is 6.76. The number of para-hydroxylation sites is 1. The first-order valence-corrected chi connectivity index (χ1v) is 8.57. The number of hydroxylamine groups is 1. The SMILES string of the molecule is Cc1cc(C(=O)NC2(CCC(=O)O)C(=O)N(O)c3ccccc32)ccc1Cl. The molecule has 140 valence electrons. The molecular formula is C19H17ClN2O5. The lowest BCUT2D eigenvalue weighted by atomic mass is 9.86. The molecule has 0 bridgehead atoms. The van der Waals surface area contributed by atoms with E-state index in [0.717, 1.165) is 0 Å². The van der Waals surface area contributed by atoms with Gasteiger partial charge in [0.25, 0.3) is 11.8 Å². The maximum Gasteiger partial charge on any atom is 0.303 e. The van der Waals surface area contributed by atoms with Gasteiger partial charge in [0.1, 0.15) is 5.54 Å². The molecule has 0 fully saturated rings. The van der Waals surface area contributed by atoms with Crippen molar-refractivity contribution in [2.75, 3.05) is 5.06 Å². The van der Waals surface area contributed by atoms with Crippen molar-refractivity contribution in [3.8, 4) is 0 Å². The molecule has 3 rings (SSSR count). The number of fused-ring (bicyclic) bond motifs is 1. The average Bonchev–Trinajstić information content (AvgIpc) is 2.85. The molecule has 0 saturated carbocycles. The molecule has 0 spiro atoms. The fourth-order valence-corrected chi connectivity index (χ4v) is 3.31. The Labute approximate surface area is 160 Å². The molecule has 1 aliphatic heterocycles. The maximum absolute atomic E-state index is 12.8. The van der Waals surface area contributed by atoms with Crippen LogP contribution in [-0.2, 0) is 15.1 Å². The number of nitrogens with zero attached hydrogens (tertiary/aromatic N) is 1. The molecule has 2 aromatic carbocycles. The van der Waals surface area contributed by atoms with E-state index in [9.17, 15) is 19.6 Å². The van der Waals surface area contributed by atoms with Gasteiger partial charge in [0.2, 0.25) is 0 Å². The van der Waals surface area contributed by atoms with E-state index in [1.165, 1.54) is 12.1 Å².